The van der Waals surface area contributed by atoms with E-state index in [-0.39, 0.29) is 23.9 Å². The van der Waals surface area contributed by atoms with Crippen LogP contribution in [0.1, 0.15) is 33.6 Å². The molecule has 0 aliphatic carbocycles. The molecule has 27 heavy (non-hydrogen) atoms. The molecule has 1 aromatic carbocycles. The summed E-state index contributed by atoms with van der Waals surface area (Å²) in [6.07, 6.45) is 0.863. The van der Waals surface area contributed by atoms with Crippen molar-refractivity contribution in [2.75, 3.05) is 13.1 Å². The molecule has 5 nitrogen and oxygen atoms in total. The van der Waals surface area contributed by atoms with Crippen LogP contribution in [-0.2, 0) is 11.3 Å². The van der Waals surface area contributed by atoms with Crippen LogP contribution < -0.4 is 16.0 Å². The van der Waals surface area contributed by atoms with Gasteiger partial charge in [0, 0.05) is 18.2 Å². The molecule has 144 valence electrons. The summed E-state index contributed by atoms with van der Waals surface area (Å²) in [6.45, 7) is 2.94. The van der Waals surface area contributed by atoms with E-state index in [0.29, 0.717) is 30.8 Å². The van der Waals surface area contributed by atoms with Crippen molar-refractivity contribution >= 4 is 23.2 Å². The third kappa shape index (κ3) is 4.33. The number of amides is 2. The molecule has 1 fully saturated rings. The predicted molar refractivity (Wildman–Crippen MR) is 99.6 cm³/mol. The first-order valence-electron chi connectivity index (χ1n) is 8.71. The Bertz CT molecular complexity index is 847. The van der Waals surface area contributed by atoms with Crippen LogP contribution in [0.25, 0.3) is 0 Å². The van der Waals surface area contributed by atoms with Crippen molar-refractivity contribution in [2.45, 2.75) is 31.8 Å². The van der Waals surface area contributed by atoms with Crippen molar-refractivity contribution in [3.63, 3.8) is 0 Å². The van der Waals surface area contributed by atoms with Crippen LogP contribution in [0.3, 0.4) is 0 Å². The maximum atomic E-state index is 13.8. The highest BCUT2D eigenvalue weighted by Crippen LogP contribution is 2.23. The molecule has 2 heterocycles. The fourth-order valence-corrected chi connectivity index (χ4v) is 3.97. The Morgan fingerprint density at radius 2 is 1.96 bits per heavy atom. The van der Waals surface area contributed by atoms with Gasteiger partial charge in [0.05, 0.1) is 4.88 Å². The maximum Gasteiger partial charge on any atom is 0.262 e. The number of piperidine rings is 1. The van der Waals surface area contributed by atoms with Crippen molar-refractivity contribution in [3.8, 4) is 0 Å². The lowest BCUT2D eigenvalue weighted by Crippen LogP contribution is -2.62. The third-order valence-corrected chi connectivity index (χ3v) is 5.78. The van der Waals surface area contributed by atoms with Crippen molar-refractivity contribution in [1.82, 2.24) is 16.0 Å². The molecule has 3 rings (SSSR count). The van der Waals surface area contributed by atoms with E-state index in [1.807, 2.05) is 18.4 Å². The summed E-state index contributed by atoms with van der Waals surface area (Å²) >= 11 is 1.33. The van der Waals surface area contributed by atoms with E-state index in [1.54, 1.807) is 0 Å². The fourth-order valence-electron chi connectivity index (χ4n) is 3.15. The molecule has 1 aliphatic heterocycles. The Labute approximate surface area is 160 Å². The Morgan fingerprint density at radius 1 is 1.22 bits per heavy atom. The smallest absolute Gasteiger partial charge is 0.262 e. The van der Waals surface area contributed by atoms with Gasteiger partial charge in [0.2, 0.25) is 5.91 Å². The summed E-state index contributed by atoms with van der Waals surface area (Å²) in [7, 11) is 0. The van der Waals surface area contributed by atoms with E-state index in [1.165, 1.54) is 17.4 Å². The molecule has 2 amide bonds. The minimum absolute atomic E-state index is 0.0754. The van der Waals surface area contributed by atoms with Gasteiger partial charge in [0.25, 0.3) is 5.91 Å². The second kappa shape index (κ2) is 8.14. The maximum absolute atomic E-state index is 13.8. The highest BCUT2D eigenvalue weighted by atomic mass is 32.1. The molecule has 0 bridgehead atoms. The van der Waals surface area contributed by atoms with Crippen LogP contribution in [0, 0.1) is 18.6 Å². The minimum Gasteiger partial charge on any atom is -0.350 e. The van der Waals surface area contributed by atoms with Crippen molar-refractivity contribution < 1.29 is 18.4 Å². The number of thiophene rings is 1. The lowest BCUT2D eigenvalue weighted by atomic mass is 9.87. The van der Waals surface area contributed by atoms with Gasteiger partial charge < -0.3 is 16.0 Å². The Kier molecular flexibility index (Phi) is 5.86. The first-order chi connectivity index (χ1) is 12.9. The number of carbonyl (C=O) groups is 2. The lowest BCUT2D eigenvalue weighted by Gasteiger charge is -2.37. The Morgan fingerprint density at radius 3 is 2.59 bits per heavy atom. The average Bonchev–Trinajstić information content (AvgIpc) is 3.07. The number of carbonyl (C=O) groups excluding carboxylic acids is 2. The average molecular weight is 393 g/mol. The minimum atomic E-state index is -1.06. The lowest BCUT2D eigenvalue weighted by molar-refractivity contribution is -0.128. The molecule has 1 saturated heterocycles. The van der Waals surface area contributed by atoms with E-state index in [4.69, 9.17) is 0 Å². The van der Waals surface area contributed by atoms with Gasteiger partial charge in [-0.05, 0) is 55.9 Å². The molecule has 1 aromatic heterocycles. The third-order valence-electron chi connectivity index (χ3n) is 4.77. The number of halogens is 2. The highest BCUT2D eigenvalue weighted by molar-refractivity contribution is 7.12. The number of benzene rings is 1. The van der Waals surface area contributed by atoms with Crippen LogP contribution in [0.15, 0.2) is 29.6 Å². The number of nitrogens with one attached hydrogen (secondary N) is 3. The molecule has 3 N–H and O–H groups in total. The van der Waals surface area contributed by atoms with Gasteiger partial charge in [-0.3, -0.25) is 9.59 Å². The summed E-state index contributed by atoms with van der Waals surface area (Å²) in [5.74, 6) is -2.04. The Balaban J connectivity index is 1.74. The fraction of sp³-hybridized carbons (Fsp3) is 0.368. The van der Waals surface area contributed by atoms with E-state index in [2.05, 4.69) is 16.0 Å². The van der Waals surface area contributed by atoms with Crippen molar-refractivity contribution in [2.24, 2.45) is 0 Å². The second-order valence-electron chi connectivity index (χ2n) is 6.64. The van der Waals surface area contributed by atoms with Gasteiger partial charge in [0.15, 0.2) is 0 Å². The van der Waals surface area contributed by atoms with Gasteiger partial charge in [-0.1, -0.05) is 6.07 Å². The number of aryl methyl sites for hydroxylation is 1. The molecule has 0 radical (unpaired) electrons. The number of hydrogen-bond donors (Lipinski definition) is 3. The molecular formula is C19H21F2N3O2S. The zero-order valence-corrected chi connectivity index (χ0v) is 15.7. The van der Waals surface area contributed by atoms with Crippen LogP contribution >= 0.6 is 11.3 Å². The van der Waals surface area contributed by atoms with E-state index in [0.717, 1.165) is 17.7 Å². The van der Waals surface area contributed by atoms with Crippen molar-refractivity contribution in [1.29, 1.82) is 0 Å². The van der Waals surface area contributed by atoms with E-state index in [9.17, 15) is 18.4 Å². The monoisotopic (exact) mass is 393 g/mol. The quantitative estimate of drug-likeness (QED) is 0.731. The first-order valence-corrected chi connectivity index (χ1v) is 9.59. The zero-order valence-electron chi connectivity index (χ0n) is 14.9. The van der Waals surface area contributed by atoms with Gasteiger partial charge in [-0.15, -0.1) is 11.3 Å². The van der Waals surface area contributed by atoms with Crippen LogP contribution in [0.4, 0.5) is 8.78 Å². The largest absolute Gasteiger partial charge is 0.350 e. The van der Waals surface area contributed by atoms with Crippen LogP contribution in [0.5, 0.6) is 0 Å². The van der Waals surface area contributed by atoms with Crippen LogP contribution in [-0.4, -0.2) is 30.4 Å². The van der Waals surface area contributed by atoms with E-state index >= 15 is 0 Å². The molecule has 0 spiro atoms. The molecular weight excluding hydrogens is 372 g/mol. The van der Waals surface area contributed by atoms with Crippen LogP contribution in [0.2, 0.25) is 0 Å². The van der Waals surface area contributed by atoms with E-state index < -0.39 is 17.2 Å². The highest BCUT2D eigenvalue weighted by Gasteiger charge is 2.41. The topological polar surface area (TPSA) is 70.2 Å². The zero-order chi connectivity index (χ0) is 19.4. The molecule has 2 aromatic rings. The second-order valence-corrected chi connectivity index (χ2v) is 7.55. The first kappa shape index (κ1) is 19.4. The number of hydrogen-bond acceptors (Lipinski definition) is 4. The SMILES string of the molecule is Cc1ccsc1C(=O)NC1(C(=O)NCc2ccc(F)cc2F)CCNCC1. The summed E-state index contributed by atoms with van der Waals surface area (Å²) in [4.78, 5) is 26.2. The molecule has 0 saturated carbocycles. The van der Waals surface area contributed by atoms with Crippen molar-refractivity contribution in [3.05, 3.63) is 57.3 Å². The van der Waals surface area contributed by atoms with Gasteiger partial charge >= 0.3 is 0 Å². The Hall–Kier alpha value is -2.32. The van der Waals surface area contributed by atoms with Gasteiger partial charge in [-0.25, -0.2) is 8.78 Å². The summed E-state index contributed by atoms with van der Waals surface area (Å²) < 4.78 is 26.8. The van der Waals surface area contributed by atoms with Gasteiger partial charge in [-0.2, -0.15) is 0 Å². The normalized spacial score (nSPS) is 16.0. The standard InChI is InChI=1S/C19H21F2N3O2S/c1-12-4-9-27-16(12)17(25)24-19(5-7-22-8-6-19)18(26)23-11-13-2-3-14(20)10-15(13)21/h2-4,9-10,22H,5-8,11H2,1H3,(H,23,26)(H,24,25). The summed E-state index contributed by atoms with van der Waals surface area (Å²) in [6, 6.07) is 5.08. The molecule has 0 atom stereocenters. The molecule has 0 unspecified atom stereocenters. The summed E-state index contributed by atoms with van der Waals surface area (Å²) in [5, 5.41) is 10.6. The summed E-state index contributed by atoms with van der Waals surface area (Å²) in [5.41, 5.74) is -0.0143. The molecule has 8 heteroatoms. The predicted octanol–water partition coefficient (Wildman–Crippen LogP) is 2.50. The van der Waals surface area contributed by atoms with Gasteiger partial charge in [0.1, 0.15) is 17.2 Å². The number of rotatable bonds is 5. The molecule has 1 aliphatic rings.